The van der Waals surface area contributed by atoms with Crippen molar-refractivity contribution in [1.29, 1.82) is 0 Å². The molecule has 1 aromatic carbocycles. The van der Waals surface area contributed by atoms with Crippen LogP contribution in [0.1, 0.15) is 12.8 Å². The quantitative estimate of drug-likeness (QED) is 0.674. The molecule has 4 heterocycles. The lowest BCUT2D eigenvalue weighted by Crippen LogP contribution is -2.36. The zero-order valence-electron chi connectivity index (χ0n) is 17.4. The van der Waals surface area contributed by atoms with Crippen LogP contribution in [0.25, 0.3) is 22.3 Å². The minimum atomic E-state index is -0.361. The lowest BCUT2D eigenvalue weighted by atomic mass is 10.0. The SMILES string of the molecule is O[C@@H]1CO[C@H]2C1CC[C@H]2Oc1cc2nc(-c3ccc(N4CCOCC4)cc3)ccc2[nH]1. The number of morpholine rings is 1. The number of nitrogens with zero attached hydrogens (tertiary/aromatic N) is 2. The third-order valence-corrected chi connectivity index (χ3v) is 6.79. The molecule has 1 unspecified atom stereocenters. The lowest BCUT2D eigenvalue weighted by Gasteiger charge is -2.28. The highest BCUT2D eigenvalue weighted by atomic mass is 16.6. The van der Waals surface area contributed by atoms with Crippen molar-refractivity contribution in [2.75, 3.05) is 37.8 Å². The molecule has 1 aliphatic carbocycles. The van der Waals surface area contributed by atoms with Crippen molar-refractivity contribution in [2.45, 2.75) is 31.2 Å². The summed E-state index contributed by atoms with van der Waals surface area (Å²) >= 11 is 0. The molecule has 0 bridgehead atoms. The minimum absolute atomic E-state index is 0.0186. The average Bonchev–Trinajstić information content (AvgIpc) is 3.51. The van der Waals surface area contributed by atoms with Crippen molar-refractivity contribution in [1.82, 2.24) is 9.97 Å². The van der Waals surface area contributed by atoms with Gasteiger partial charge in [0, 0.05) is 36.3 Å². The van der Waals surface area contributed by atoms with Gasteiger partial charge in [0.05, 0.1) is 48.8 Å². The van der Waals surface area contributed by atoms with Gasteiger partial charge in [-0.25, -0.2) is 4.98 Å². The van der Waals surface area contributed by atoms with Crippen molar-refractivity contribution in [3.63, 3.8) is 0 Å². The number of aliphatic hydroxyl groups is 1. The second kappa shape index (κ2) is 7.82. The standard InChI is InChI=1S/C24H27N3O4/c28-21-14-30-24-17(21)5-8-22(24)31-23-13-20-19(26-23)7-6-18(25-20)15-1-3-16(4-2-15)27-9-11-29-12-10-27/h1-4,6-7,13,17,21-22,24,26,28H,5,8-12,14H2/t17?,21-,22-,24+/m1/s1. The summed E-state index contributed by atoms with van der Waals surface area (Å²) in [6.07, 6.45) is 1.44. The van der Waals surface area contributed by atoms with E-state index in [1.165, 1.54) is 5.69 Å². The normalized spacial score (nSPS) is 28.2. The van der Waals surface area contributed by atoms with E-state index >= 15 is 0 Å². The first-order chi connectivity index (χ1) is 15.2. The Bertz CT molecular complexity index is 1060. The molecule has 7 heteroatoms. The Morgan fingerprint density at radius 3 is 2.74 bits per heavy atom. The van der Waals surface area contributed by atoms with Crippen LogP contribution in [-0.4, -0.2) is 66.3 Å². The van der Waals surface area contributed by atoms with E-state index in [1.54, 1.807) is 0 Å². The van der Waals surface area contributed by atoms with Gasteiger partial charge in [-0.1, -0.05) is 12.1 Å². The third kappa shape index (κ3) is 3.56. The molecule has 2 aromatic heterocycles. The Balaban J connectivity index is 1.19. The number of pyridine rings is 1. The van der Waals surface area contributed by atoms with E-state index in [4.69, 9.17) is 19.2 Å². The minimum Gasteiger partial charge on any atom is -0.473 e. The number of hydrogen-bond acceptors (Lipinski definition) is 6. The number of aromatic amines is 1. The summed E-state index contributed by atoms with van der Waals surface area (Å²) in [5.74, 6) is 0.900. The maximum absolute atomic E-state index is 10.0. The first-order valence-electron chi connectivity index (χ1n) is 11.1. The molecular weight excluding hydrogens is 394 g/mol. The first-order valence-corrected chi connectivity index (χ1v) is 11.1. The number of ether oxygens (including phenoxy) is 3. The molecule has 0 amide bonds. The van der Waals surface area contributed by atoms with Crippen LogP contribution in [0.15, 0.2) is 42.5 Å². The van der Waals surface area contributed by atoms with Gasteiger partial charge in [0.1, 0.15) is 6.10 Å². The fourth-order valence-electron chi connectivity index (χ4n) is 5.10. The monoisotopic (exact) mass is 421 g/mol. The van der Waals surface area contributed by atoms with Gasteiger partial charge in [0.2, 0.25) is 0 Å². The van der Waals surface area contributed by atoms with E-state index in [1.807, 2.05) is 18.2 Å². The molecule has 162 valence electrons. The Morgan fingerprint density at radius 2 is 1.90 bits per heavy atom. The van der Waals surface area contributed by atoms with Gasteiger partial charge in [-0.3, -0.25) is 0 Å². The molecule has 3 fully saturated rings. The summed E-state index contributed by atoms with van der Waals surface area (Å²) in [5.41, 5.74) is 5.08. The Hall–Kier alpha value is -2.61. The third-order valence-electron chi connectivity index (χ3n) is 6.79. The van der Waals surface area contributed by atoms with Crippen LogP contribution < -0.4 is 9.64 Å². The summed E-state index contributed by atoms with van der Waals surface area (Å²) in [4.78, 5) is 10.5. The Labute approximate surface area is 180 Å². The molecule has 3 aliphatic rings. The lowest BCUT2D eigenvalue weighted by molar-refractivity contribution is 0.0154. The van der Waals surface area contributed by atoms with E-state index in [0.717, 1.165) is 61.4 Å². The zero-order chi connectivity index (χ0) is 20.8. The summed E-state index contributed by atoms with van der Waals surface area (Å²) in [6.45, 7) is 3.85. The Kier molecular flexibility index (Phi) is 4.82. The van der Waals surface area contributed by atoms with Gasteiger partial charge in [0.25, 0.3) is 0 Å². The number of aliphatic hydroxyl groups excluding tert-OH is 1. The topological polar surface area (TPSA) is 79.8 Å². The van der Waals surface area contributed by atoms with Gasteiger partial charge in [-0.15, -0.1) is 0 Å². The first kappa shape index (κ1) is 19.1. The smallest absolute Gasteiger partial charge is 0.193 e. The van der Waals surface area contributed by atoms with Crippen LogP contribution in [0.5, 0.6) is 5.88 Å². The number of aromatic nitrogens is 2. The summed E-state index contributed by atoms with van der Waals surface area (Å²) in [5, 5.41) is 10.0. The summed E-state index contributed by atoms with van der Waals surface area (Å²) < 4.78 is 17.4. The number of hydrogen-bond donors (Lipinski definition) is 2. The van der Waals surface area contributed by atoms with Gasteiger partial charge in [0.15, 0.2) is 5.88 Å². The van der Waals surface area contributed by atoms with E-state index in [0.29, 0.717) is 12.5 Å². The van der Waals surface area contributed by atoms with Crippen LogP contribution in [-0.2, 0) is 9.47 Å². The molecule has 2 N–H and O–H groups in total. The number of anilines is 1. The summed E-state index contributed by atoms with van der Waals surface area (Å²) in [7, 11) is 0. The largest absolute Gasteiger partial charge is 0.473 e. The van der Waals surface area contributed by atoms with E-state index in [-0.39, 0.29) is 24.2 Å². The van der Waals surface area contributed by atoms with E-state index in [9.17, 15) is 5.11 Å². The molecule has 0 radical (unpaired) electrons. The van der Waals surface area contributed by atoms with Gasteiger partial charge >= 0.3 is 0 Å². The Morgan fingerprint density at radius 1 is 1.06 bits per heavy atom. The second-order valence-electron chi connectivity index (χ2n) is 8.67. The van der Waals surface area contributed by atoms with Crippen molar-refractivity contribution in [3.8, 4) is 17.1 Å². The molecule has 7 nitrogen and oxygen atoms in total. The molecule has 0 spiro atoms. The predicted octanol–water partition coefficient (Wildman–Crippen LogP) is 2.98. The highest BCUT2D eigenvalue weighted by molar-refractivity contribution is 5.80. The molecular formula is C24H27N3O4. The molecule has 4 atom stereocenters. The van der Waals surface area contributed by atoms with Crippen LogP contribution >= 0.6 is 0 Å². The van der Waals surface area contributed by atoms with E-state index in [2.05, 4.69) is 34.1 Å². The molecule has 31 heavy (non-hydrogen) atoms. The van der Waals surface area contributed by atoms with Gasteiger partial charge in [-0.05, 0) is 37.1 Å². The van der Waals surface area contributed by atoms with Crippen LogP contribution in [0, 0.1) is 5.92 Å². The molecule has 3 aromatic rings. The molecule has 1 saturated carbocycles. The van der Waals surface area contributed by atoms with Crippen molar-refractivity contribution < 1.29 is 19.3 Å². The van der Waals surface area contributed by atoms with Gasteiger partial charge < -0.3 is 29.2 Å². The van der Waals surface area contributed by atoms with Crippen molar-refractivity contribution in [2.24, 2.45) is 5.92 Å². The van der Waals surface area contributed by atoms with Crippen LogP contribution in [0.2, 0.25) is 0 Å². The highest BCUT2D eigenvalue weighted by Crippen LogP contribution is 2.38. The van der Waals surface area contributed by atoms with Crippen LogP contribution in [0.4, 0.5) is 5.69 Å². The second-order valence-corrected chi connectivity index (χ2v) is 8.67. The number of rotatable bonds is 4. The number of fused-ring (bicyclic) bond motifs is 2. The number of benzene rings is 1. The van der Waals surface area contributed by atoms with Crippen molar-refractivity contribution >= 4 is 16.7 Å². The molecule has 2 aliphatic heterocycles. The van der Waals surface area contributed by atoms with Crippen molar-refractivity contribution in [3.05, 3.63) is 42.5 Å². The fraction of sp³-hybridized carbons (Fsp3) is 0.458. The zero-order valence-corrected chi connectivity index (χ0v) is 17.4. The summed E-state index contributed by atoms with van der Waals surface area (Å²) in [6, 6.07) is 14.6. The van der Waals surface area contributed by atoms with Crippen LogP contribution in [0.3, 0.4) is 0 Å². The number of H-pyrrole nitrogens is 1. The highest BCUT2D eigenvalue weighted by Gasteiger charge is 2.47. The molecule has 6 rings (SSSR count). The predicted molar refractivity (Wildman–Crippen MR) is 117 cm³/mol. The maximum Gasteiger partial charge on any atom is 0.193 e. The average molecular weight is 421 g/mol. The number of nitrogens with one attached hydrogen (secondary N) is 1. The van der Waals surface area contributed by atoms with Gasteiger partial charge in [-0.2, -0.15) is 0 Å². The fourth-order valence-corrected chi connectivity index (χ4v) is 5.10. The van der Waals surface area contributed by atoms with E-state index < -0.39 is 0 Å². The molecule has 2 saturated heterocycles. The maximum atomic E-state index is 10.0.